The summed E-state index contributed by atoms with van der Waals surface area (Å²) in [4.78, 5) is 0. The van der Waals surface area contributed by atoms with Crippen LogP contribution < -0.4 is 19.9 Å². The summed E-state index contributed by atoms with van der Waals surface area (Å²) in [5.41, 5.74) is 7.70. The van der Waals surface area contributed by atoms with Crippen molar-refractivity contribution in [2.75, 3.05) is 14.2 Å². The number of hydrogen-bond donors (Lipinski definition) is 1. The van der Waals surface area contributed by atoms with Crippen molar-refractivity contribution >= 4 is 0 Å². The number of ether oxygens (including phenoxy) is 3. The van der Waals surface area contributed by atoms with Crippen LogP contribution in [0.2, 0.25) is 0 Å². The summed E-state index contributed by atoms with van der Waals surface area (Å²) in [6.45, 7) is 0.876. The predicted molar refractivity (Wildman–Crippen MR) is 78.2 cm³/mol. The Bertz CT molecular complexity index is 569. The minimum absolute atomic E-state index is 0.407. The third-order valence-corrected chi connectivity index (χ3v) is 3.02. The van der Waals surface area contributed by atoms with E-state index in [9.17, 15) is 0 Å². The number of rotatable bonds is 6. The summed E-state index contributed by atoms with van der Waals surface area (Å²) in [5, 5.41) is 0. The van der Waals surface area contributed by atoms with Crippen molar-refractivity contribution in [1.29, 1.82) is 0 Å². The Labute approximate surface area is 119 Å². The molecule has 20 heavy (non-hydrogen) atoms. The van der Waals surface area contributed by atoms with Crippen LogP contribution in [0.15, 0.2) is 42.5 Å². The van der Waals surface area contributed by atoms with Crippen LogP contribution in [0, 0.1) is 0 Å². The second kappa shape index (κ2) is 6.82. The van der Waals surface area contributed by atoms with Gasteiger partial charge in [-0.25, -0.2) is 0 Å². The molecular formula is C16H19NO3. The molecule has 4 nitrogen and oxygen atoms in total. The molecule has 0 spiro atoms. The van der Waals surface area contributed by atoms with E-state index >= 15 is 0 Å². The minimum Gasteiger partial charge on any atom is -0.497 e. The Morgan fingerprint density at radius 3 is 2.40 bits per heavy atom. The second-order valence-corrected chi connectivity index (χ2v) is 4.32. The van der Waals surface area contributed by atoms with E-state index in [2.05, 4.69) is 0 Å². The molecule has 0 bridgehead atoms. The summed E-state index contributed by atoms with van der Waals surface area (Å²) in [5.74, 6) is 2.37. The molecule has 0 heterocycles. The standard InChI is InChI=1S/C16H19NO3/c1-18-14-5-3-4-12(8-14)11-20-16-7-6-15(19-2)9-13(16)10-17/h3-9H,10-11,17H2,1-2H3. The highest BCUT2D eigenvalue weighted by Crippen LogP contribution is 2.25. The van der Waals surface area contributed by atoms with Gasteiger partial charge in [-0.05, 0) is 35.9 Å². The van der Waals surface area contributed by atoms with Crippen molar-refractivity contribution in [3.05, 3.63) is 53.6 Å². The topological polar surface area (TPSA) is 53.7 Å². The van der Waals surface area contributed by atoms with Gasteiger partial charge in [-0.15, -0.1) is 0 Å². The van der Waals surface area contributed by atoms with E-state index in [-0.39, 0.29) is 0 Å². The van der Waals surface area contributed by atoms with Gasteiger partial charge < -0.3 is 19.9 Å². The first kappa shape index (κ1) is 14.2. The molecule has 0 amide bonds. The fourth-order valence-electron chi connectivity index (χ4n) is 1.91. The summed E-state index contributed by atoms with van der Waals surface area (Å²) in [7, 11) is 3.28. The molecular weight excluding hydrogens is 254 g/mol. The number of benzene rings is 2. The summed E-state index contributed by atoms with van der Waals surface area (Å²) < 4.78 is 16.2. The first-order chi connectivity index (χ1) is 9.76. The van der Waals surface area contributed by atoms with E-state index in [1.54, 1.807) is 14.2 Å². The van der Waals surface area contributed by atoms with Crippen LogP contribution in [0.3, 0.4) is 0 Å². The maximum atomic E-state index is 5.82. The molecule has 0 aliphatic rings. The Morgan fingerprint density at radius 2 is 1.70 bits per heavy atom. The van der Waals surface area contributed by atoms with Gasteiger partial charge in [0.05, 0.1) is 14.2 Å². The predicted octanol–water partition coefficient (Wildman–Crippen LogP) is 2.74. The molecule has 106 valence electrons. The molecule has 0 aliphatic heterocycles. The molecule has 0 atom stereocenters. The lowest BCUT2D eigenvalue weighted by Crippen LogP contribution is -2.03. The molecule has 2 rings (SSSR count). The van der Waals surface area contributed by atoms with Gasteiger partial charge in [-0.3, -0.25) is 0 Å². The van der Waals surface area contributed by atoms with Crippen molar-refractivity contribution < 1.29 is 14.2 Å². The Hall–Kier alpha value is -2.20. The van der Waals surface area contributed by atoms with Crippen molar-refractivity contribution in [3.63, 3.8) is 0 Å². The van der Waals surface area contributed by atoms with Gasteiger partial charge in [0.1, 0.15) is 23.9 Å². The average molecular weight is 273 g/mol. The highest BCUT2D eigenvalue weighted by atomic mass is 16.5. The molecule has 0 fully saturated rings. The molecule has 0 saturated heterocycles. The largest absolute Gasteiger partial charge is 0.497 e. The minimum atomic E-state index is 0.407. The maximum absolute atomic E-state index is 5.82. The van der Waals surface area contributed by atoms with Crippen molar-refractivity contribution in [1.82, 2.24) is 0 Å². The van der Waals surface area contributed by atoms with Crippen molar-refractivity contribution in [2.45, 2.75) is 13.2 Å². The van der Waals surface area contributed by atoms with Crippen LogP contribution in [0.5, 0.6) is 17.2 Å². The van der Waals surface area contributed by atoms with E-state index in [4.69, 9.17) is 19.9 Å². The molecule has 0 aromatic heterocycles. The molecule has 2 N–H and O–H groups in total. The summed E-state index contributed by atoms with van der Waals surface area (Å²) >= 11 is 0. The molecule has 0 aliphatic carbocycles. The Morgan fingerprint density at radius 1 is 0.950 bits per heavy atom. The monoisotopic (exact) mass is 273 g/mol. The van der Waals surface area contributed by atoms with Crippen molar-refractivity contribution in [2.24, 2.45) is 5.73 Å². The molecule has 2 aromatic carbocycles. The lowest BCUT2D eigenvalue weighted by Gasteiger charge is -2.12. The summed E-state index contributed by atoms with van der Waals surface area (Å²) in [6.07, 6.45) is 0. The van der Waals surface area contributed by atoms with E-state index in [1.165, 1.54) is 0 Å². The first-order valence-electron chi connectivity index (χ1n) is 6.39. The zero-order chi connectivity index (χ0) is 14.4. The molecule has 2 aromatic rings. The normalized spacial score (nSPS) is 10.2. The van der Waals surface area contributed by atoms with Crippen LogP contribution in [0.4, 0.5) is 0 Å². The van der Waals surface area contributed by atoms with Crippen molar-refractivity contribution in [3.8, 4) is 17.2 Å². The highest BCUT2D eigenvalue weighted by molar-refractivity contribution is 5.40. The average Bonchev–Trinajstić information content (AvgIpc) is 2.52. The number of nitrogens with two attached hydrogens (primary N) is 1. The Kier molecular flexibility index (Phi) is 4.85. The van der Waals surface area contributed by atoms with Gasteiger partial charge in [-0.1, -0.05) is 12.1 Å². The van der Waals surface area contributed by atoms with E-state index < -0.39 is 0 Å². The van der Waals surface area contributed by atoms with Gasteiger partial charge in [0.2, 0.25) is 0 Å². The van der Waals surface area contributed by atoms with Gasteiger partial charge in [-0.2, -0.15) is 0 Å². The van der Waals surface area contributed by atoms with E-state index in [0.29, 0.717) is 13.2 Å². The second-order valence-electron chi connectivity index (χ2n) is 4.32. The van der Waals surface area contributed by atoms with Crippen LogP contribution >= 0.6 is 0 Å². The van der Waals surface area contributed by atoms with Gasteiger partial charge >= 0.3 is 0 Å². The van der Waals surface area contributed by atoms with Gasteiger partial charge in [0.25, 0.3) is 0 Å². The fraction of sp³-hybridized carbons (Fsp3) is 0.250. The zero-order valence-corrected chi connectivity index (χ0v) is 11.8. The third kappa shape index (κ3) is 3.42. The number of hydrogen-bond acceptors (Lipinski definition) is 4. The van der Waals surface area contributed by atoms with Gasteiger partial charge in [0.15, 0.2) is 0 Å². The molecule has 0 saturated carbocycles. The lowest BCUT2D eigenvalue weighted by molar-refractivity contribution is 0.301. The maximum Gasteiger partial charge on any atom is 0.124 e. The van der Waals surface area contributed by atoms with Gasteiger partial charge in [0, 0.05) is 12.1 Å². The smallest absolute Gasteiger partial charge is 0.124 e. The van der Waals surface area contributed by atoms with Crippen LogP contribution in [0.1, 0.15) is 11.1 Å². The molecule has 4 heteroatoms. The SMILES string of the molecule is COc1cccc(COc2ccc(OC)cc2CN)c1. The number of methoxy groups -OCH3 is 2. The summed E-state index contributed by atoms with van der Waals surface area (Å²) in [6, 6.07) is 13.4. The highest BCUT2D eigenvalue weighted by Gasteiger charge is 2.05. The zero-order valence-electron chi connectivity index (χ0n) is 11.8. The molecule has 0 radical (unpaired) electrons. The fourth-order valence-corrected chi connectivity index (χ4v) is 1.91. The van der Waals surface area contributed by atoms with Crippen LogP contribution in [-0.4, -0.2) is 14.2 Å². The van der Waals surface area contributed by atoms with E-state index in [0.717, 1.165) is 28.4 Å². The first-order valence-corrected chi connectivity index (χ1v) is 6.39. The van der Waals surface area contributed by atoms with Crippen LogP contribution in [0.25, 0.3) is 0 Å². The Balaban J connectivity index is 2.10. The molecule has 0 unspecified atom stereocenters. The quantitative estimate of drug-likeness (QED) is 0.879. The lowest BCUT2D eigenvalue weighted by atomic mass is 10.2. The third-order valence-electron chi connectivity index (χ3n) is 3.02. The van der Waals surface area contributed by atoms with E-state index in [1.807, 2.05) is 42.5 Å². The van der Waals surface area contributed by atoms with Crippen LogP contribution in [-0.2, 0) is 13.2 Å².